The molecule has 0 radical (unpaired) electrons. The van der Waals surface area contributed by atoms with E-state index in [9.17, 15) is 4.79 Å². The molecule has 0 atom stereocenters. The summed E-state index contributed by atoms with van der Waals surface area (Å²) in [5, 5.41) is 16.8. The van der Waals surface area contributed by atoms with Crippen molar-refractivity contribution in [1.82, 2.24) is 25.5 Å². The van der Waals surface area contributed by atoms with Gasteiger partial charge in [-0.15, -0.1) is 0 Å². The number of nitrogens with zero attached hydrogens (tertiary/aromatic N) is 4. The fourth-order valence-electron chi connectivity index (χ4n) is 1.92. The van der Waals surface area contributed by atoms with Crippen LogP contribution in [-0.2, 0) is 6.54 Å². The molecule has 0 aliphatic carbocycles. The number of thiocarbonyl (C=S) groups is 1. The molecular weight excluding hydrogens is 328 g/mol. The predicted molar refractivity (Wildman–Crippen MR) is 94.0 cm³/mol. The molecule has 0 saturated carbocycles. The molecule has 128 valence electrons. The molecule has 1 aromatic heterocycles. The molecule has 1 aromatic carbocycles. The molecule has 8 nitrogen and oxygen atoms in total. The number of carbonyl (C=O) groups excluding carboxylic acids is 1. The number of benzene rings is 1. The lowest BCUT2D eigenvalue weighted by atomic mass is 10.2. The van der Waals surface area contributed by atoms with Gasteiger partial charge < -0.3 is 4.74 Å². The van der Waals surface area contributed by atoms with Crippen molar-refractivity contribution in [2.75, 3.05) is 5.32 Å². The lowest BCUT2D eigenvalue weighted by Crippen LogP contribution is -2.35. The first kappa shape index (κ1) is 17.8. The van der Waals surface area contributed by atoms with E-state index in [1.54, 1.807) is 28.9 Å². The lowest BCUT2D eigenvalue weighted by Gasteiger charge is -2.11. The van der Waals surface area contributed by atoms with Crippen LogP contribution >= 0.6 is 12.2 Å². The van der Waals surface area contributed by atoms with E-state index in [-0.39, 0.29) is 17.1 Å². The topological polar surface area (TPSA) is 94.0 Å². The molecule has 2 rings (SSSR count). The molecule has 0 bridgehead atoms. The van der Waals surface area contributed by atoms with E-state index in [4.69, 9.17) is 17.0 Å². The maximum atomic E-state index is 12.2. The van der Waals surface area contributed by atoms with E-state index in [0.717, 1.165) is 6.42 Å². The highest BCUT2D eigenvalue weighted by atomic mass is 32.1. The number of hydrogen-bond donors (Lipinski definition) is 2. The Kier molecular flexibility index (Phi) is 6.19. The van der Waals surface area contributed by atoms with Crippen LogP contribution in [0.25, 0.3) is 0 Å². The second kappa shape index (κ2) is 8.34. The summed E-state index contributed by atoms with van der Waals surface area (Å²) in [4.78, 5) is 12.2. The van der Waals surface area contributed by atoms with Crippen LogP contribution in [-0.4, -0.2) is 37.3 Å². The Bertz CT molecular complexity index is 698. The number of nitrogens with one attached hydrogen (secondary N) is 2. The molecule has 2 aromatic rings. The van der Waals surface area contributed by atoms with Gasteiger partial charge in [-0.2, -0.15) is 0 Å². The first-order valence-corrected chi connectivity index (χ1v) is 8.05. The third-order valence-electron chi connectivity index (χ3n) is 2.91. The maximum absolute atomic E-state index is 12.2. The van der Waals surface area contributed by atoms with Crippen LogP contribution in [0.15, 0.2) is 24.3 Å². The van der Waals surface area contributed by atoms with Crippen molar-refractivity contribution in [3.05, 3.63) is 29.8 Å². The minimum absolute atomic E-state index is 0.0792. The van der Waals surface area contributed by atoms with Crippen LogP contribution in [0.2, 0.25) is 0 Å². The van der Waals surface area contributed by atoms with Gasteiger partial charge in [-0.1, -0.05) is 12.0 Å². The Morgan fingerprint density at radius 2 is 2.04 bits per heavy atom. The van der Waals surface area contributed by atoms with Crippen molar-refractivity contribution in [1.29, 1.82) is 0 Å². The largest absolute Gasteiger partial charge is 0.491 e. The summed E-state index contributed by atoms with van der Waals surface area (Å²) in [5.41, 5.74) is 0.475. The molecular formula is C15H20N6O2S. The second-order valence-corrected chi connectivity index (χ2v) is 5.73. The summed E-state index contributed by atoms with van der Waals surface area (Å²) in [6, 6.07) is 6.84. The molecule has 1 heterocycles. The quantitative estimate of drug-likeness (QED) is 0.771. The smallest absolute Gasteiger partial charge is 0.257 e. The molecule has 2 N–H and O–H groups in total. The highest BCUT2D eigenvalue weighted by Gasteiger charge is 2.11. The fraction of sp³-hybridized carbons (Fsp3) is 0.400. The Hall–Kier alpha value is -2.55. The molecule has 24 heavy (non-hydrogen) atoms. The average Bonchev–Trinajstić information content (AvgIpc) is 2.94. The van der Waals surface area contributed by atoms with Gasteiger partial charge in [0.2, 0.25) is 5.95 Å². The third kappa shape index (κ3) is 4.98. The van der Waals surface area contributed by atoms with Gasteiger partial charge >= 0.3 is 0 Å². The van der Waals surface area contributed by atoms with Crippen LogP contribution in [0.5, 0.6) is 5.75 Å². The number of rotatable bonds is 6. The minimum atomic E-state index is -0.321. The average molecular weight is 348 g/mol. The third-order valence-corrected chi connectivity index (χ3v) is 3.11. The highest BCUT2D eigenvalue weighted by Crippen LogP contribution is 2.13. The molecule has 0 spiro atoms. The Labute approximate surface area is 145 Å². The molecule has 9 heteroatoms. The summed E-state index contributed by atoms with van der Waals surface area (Å²) in [7, 11) is 0. The van der Waals surface area contributed by atoms with Gasteiger partial charge in [-0.25, -0.2) is 4.68 Å². The van der Waals surface area contributed by atoms with Crippen molar-refractivity contribution < 1.29 is 9.53 Å². The van der Waals surface area contributed by atoms with Gasteiger partial charge in [0.1, 0.15) is 5.75 Å². The van der Waals surface area contributed by atoms with Crippen LogP contribution in [0.4, 0.5) is 5.95 Å². The number of hydrogen-bond acceptors (Lipinski definition) is 6. The summed E-state index contributed by atoms with van der Waals surface area (Å²) in [6.45, 7) is 6.55. The fourth-order valence-corrected chi connectivity index (χ4v) is 2.11. The zero-order valence-corrected chi connectivity index (χ0v) is 14.6. The van der Waals surface area contributed by atoms with Crippen LogP contribution in [0.1, 0.15) is 37.6 Å². The zero-order chi connectivity index (χ0) is 17.5. The number of anilines is 1. The normalized spacial score (nSPS) is 10.5. The van der Waals surface area contributed by atoms with Crippen LogP contribution in [0, 0.1) is 0 Å². The molecule has 0 saturated heterocycles. The number of tetrazole rings is 1. The summed E-state index contributed by atoms with van der Waals surface area (Å²) in [5.74, 6) is 0.780. The zero-order valence-electron chi connectivity index (χ0n) is 13.8. The van der Waals surface area contributed by atoms with Gasteiger partial charge in [0.15, 0.2) is 5.11 Å². The lowest BCUT2D eigenvalue weighted by molar-refractivity contribution is 0.0977. The van der Waals surface area contributed by atoms with Crippen molar-refractivity contribution in [3.8, 4) is 5.75 Å². The standard InChI is InChI=1S/C15H20N6O2S/c1-4-9-21-14(18-19-20-21)17-15(24)16-13(22)11-5-7-12(8-6-11)23-10(2)3/h5-8,10H,4,9H2,1-3H3,(H2,16,17,18,20,22,24). The maximum Gasteiger partial charge on any atom is 0.257 e. The van der Waals surface area contributed by atoms with Gasteiger partial charge in [-0.3, -0.25) is 15.4 Å². The molecule has 0 aliphatic heterocycles. The van der Waals surface area contributed by atoms with Gasteiger partial charge in [-0.05, 0) is 67.2 Å². The van der Waals surface area contributed by atoms with E-state index >= 15 is 0 Å². The summed E-state index contributed by atoms with van der Waals surface area (Å²) < 4.78 is 7.12. The van der Waals surface area contributed by atoms with Crippen molar-refractivity contribution in [2.45, 2.75) is 39.8 Å². The summed E-state index contributed by atoms with van der Waals surface area (Å²) in [6.07, 6.45) is 0.958. The van der Waals surface area contributed by atoms with Crippen molar-refractivity contribution >= 4 is 29.2 Å². The number of amides is 1. The van der Waals surface area contributed by atoms with Crippen LogP contribution < -0.4 is 15.4 Å². The molecule has 1 amide bonds. The first-order valence-electron chi connectivity index (χ1n) is 7.64. The van der Waals surface area contributed by atoms with E-state index in [1.165, 1.54) is 0 Å². The molecule has 0 unspecified atom stereocenters. The highest BCUT2D eigenvalue weighted by molar-refractivity contribution is 7.80. The number of aryl methyl sites for hydroxylation is 1. The summed E-state index contributed by atoms with van der Waals surface area (Å²) >= 11 is 5.13. The first-order chi connectivity index (χ1) is 11.5. The van der Waals surface area contributed by atoms with Gasteiger partial charge in [0, 0.05) is 12.1 Å². The minimum Gasteiger partial charge on any atom is -0.491 e. The van der Waals surface area contributed by atoms with E-state index in [2.05, 4.69) is 26.2 Å². The monoisotopic (exact) mass is 348 g/mol. The van der Waals surface area contributed by atoms with Crippen LogP contribution in [0.3, 0.4) is 0 Å². The van der Waals surface area contributed by atoms with Crippen molar-refractivity contribution in [2.24, 2.45) is 0 Å². The molecule has 0 aliphatic rings. The number of ether oxygens (including phenoxy) is 1. The second-order valence-electron chi connectivity index (χ2n) is 5.32. The SMILES string of the molecule is CCCn1nnnc1NC(=S)NC(=O)c1ccc(OC(C)C)cc1. The predicted octanol–water partition coefficient (Wildman–Crippen LogP) is 2.00. The van der Waals surface area contributed by atoms with E-state index < -0.39 is 0 Å². The van der Waals surface area contributed by atoms with Gasteiger partial charge in [0.05, 0.1) is 6.10 Å². The number of carbonyl (C=O) groups is 1. The van der Waals surface area contributed by atoms with E-state index in [0.29, 0.717) is 23.8 Å². The van der Waals surface area contributed by atoms with Gasteiger partial charge in [0.25, 0.3) is 5.91 Å². The molecule has 0 fully saturated rings. The Morgan fingerprint density at radius 1 is 1.33 bits per heavy atom. The van der Waals surface area contributed by atoms with Crippen molar-refractivity contribution in [3.63, 3.8) is 0 Å². The van der Waals surface area contributed by atoms with E-state index in [1.807, 2.05) is 20.8 Å². The number of aromatic nitrogens is 4. The Balaban J connectivity index is 1.93. The Morgan fingerprint density at radius 3 is 2.67 bits per heavy atom.